The molecule has 0 bridgehead atoms. The van der Waals surface area contributed by atoms with Crippen molar-refractivity contribution in [1.29, 1.82) is 0 Å². The number of hydrogen-bond donors (Lipinski definition) is 1. The molecular formula is C69H71N4OPt-. The maximum absolute atomic E-state index is 12.7. The Bertz CT molecular complexity index is 3630. The quantitative estimate of drug-likeness (QED) is 0.162. The molecule has 9 rings (SSSR count). The van der Waals surface area contributed by atoms with Crippen LogP contribution in [0.5, 0.6) is 5.75 Å². The molecule has 0 aliphatic rings. The molecule has 0 aliphatic heterocycles. The van der Waals surface area contributed by atoms with Gasteiger partial charge in [-0.05, 0) is 102 Å². The Balaban J connectivity index is 0.00000747. The van der Waals surface area contributed by atoms with Gasteiger partial charge < -0.3 is 5.11 Å². The average Bonchev–Trinajstić information content (AvgIpc) is 3.74. The number of aromatic nitrogens is 3. The van der Waals surface area contributed by atoms with Crippen molar-refractivity contribution in [3.05, 3.63) is 197 Å². The molecule has 2 heterocycles. The Hall–Kier alpha value is -6.86. The predicted molar refractivity (Wildman–Crippen MR) is 312 cm³/mol. The van der Waals surface area contributed by atoms with Gasteiger partial charge in [0.25, 0.3) is 0 Å². The van der Waals surface area contributed by atoms with Crippen LogP contribution in [0.4, 0.5) is 5.69 Å². The van der Waals surface area contributed by atoms with Crippen LogP contribution in [0.1, 0.15) is 132 Å². The number of fused-ring (bicyclic) bond motifs is 1. The molecule has 0 radical (unpaired) electrons. The number of nitrogens with zero attached hydrogens (tertiary/aromatic N) is 4. The molecule has 6 heteroatoms. The predicted octanol–water partition coefficient (Wildman–Crippen LogP) is 19.0. The molecule has 0 atom stereocenters. The fraction of sp³-hybridized carbons (Fsp3) is 0.290. The largest absolute Gasteiger partial charge is 0.507 e. The van der Waals surface area contributed by atoms with Gasteiger partial charge in [0, 0.05) is 44.1 Å². The summed E-state index contributed by atoms with van der Waals surface area (Å²) in [6.45, 7) is 40.9. The number of phenols is 1. The Morgan fingerprint density at radius 2 is 1.09 bits per heavy atom. The van der Waals surface area contributed by atoms with Crippen LogP contribution in [0.15, 0.2) is 152 Å². The molecule has 0 aliphatic carbocycles. The van der Waals surface area contributed by atoms with E-state index < -0.39 is 0 Å². The van der Waals surface area contributed by atoms with Crippen molar-refractivity contribution in [3.8, 4) is 78.6 Å². The number of rotatable bonds is 7. The van der Waals surface area contributed by atoms with Crippen LogP contribution in [-0.4, -0.2) is 19.6 Å². The summed E-state index contributed by atoms with van der Waals surface area (Å²) in [5, 5.41) is 12.7. The molecule has 384 valence electrons. The fourth-order valence-corrected chi connectivity index (χ4v) is 9.95. The minimum atomic E-state index is -0.347. The monoisotopic (exact) mass is 1170 g/mol. The summed E-state index contributed by atoms with van der Waals surface area (Å²) in [4.78, 5) is 14.4. The van der Waals surface area contributed by atoms with Crippen LogP contribution >= 0.6 is 0 Å². The van der Waals surface area contributed by atoms with Crippen LogP contribution in [0, 0.1) is 12.6 Å². The number of hydrogen-bond acceptors (Lipinski definition) is 3. The number of pyridine rings is 1. The van der Waals surface area contributed by atoms with Gasteiger partial charge in [0.15, 0.2) is 5.69 Å². The molecule has 0 spiro atoms. The van der Waals surface area contributed by atoms with E-state index in [0.717, 1.165) is 89.2 Å². The number of imidazole rings is 1. The summed E-state index contributed by atoms with van der Waals surface area (Å²) in [7, 11) is 0. The van der Waals surface area contributed by atoms with Gasteiger partial charge in [-0.25, -0.2) is 9.83 Å². The molecular weight excluding hydrogens is 1100 g/mol. The maximum atomic E-state index is 12.7. The third-order valence-electron chi connectivity index (χ3n) is 14.4. The maximum Gasteiger partial charge on any atom is 0.187 e. The number of benzene rings is 7. The molecule has 7 aromatic carbocycles. The zero-order chi connectivity index (χ0) is 53.3. The van der Waals surface area contributed by atoms with Crippen molar-refractivity contribution in [3.63, 3.8) is 0 Å². The van der Waals surface area contributed by atoms with Crippen molar-refractivity contribution in [1.82, 2.24) is 14.5 Å². The third kappa shape index (κ3) is 11.0. The minimum Gasteiger partial charge on any atom is -0.507 e. The van der Waals surface area contributed by atoms with E-state index in [0.29, 0.717) is 17.1 Å². The normalized spacial score (nSPS) is 12.4. The van der Waals surface area contributed by atoms with E-state index in [4.69, 9.17) is 16.5 Å². The van der Waals surface area contributed by atoms with Crippen molar-refractivity contribution < 1.29 is 26.2 Å². The van der Waals surface area contributed by atoms with Crippen LogP contribution < -0.4 is 0 Å². The molecule has 0 fully saturated rings. The zero-order valence-corrected chi connectivity index (χ0v) is 48.8. The van der Waals surface area contributed by atoms with Crippen LogP contribution in [0.3, 0.4) is 0 Å². The SMILES string of the molecule is [C-]#[N+]c1ccc(-c2ccc(-c3ccnc(-c4[c-]c(-c5cccc6c5nc(-c5cc(C(C)(C)C)cc(C(C)(C)C)c5O)n6-c5ccc(C(C)(C)C)cc5-c5ccccc5)cc(C(C)(C)C)c4)c3)c(C(C)(C)C)c2)cc1.[Pt]. The second-order valence-corrected chi connectivity index (χ2v) is 25.3. The molecule has 2 aromatic heterocycles. The molecule has 75 heavy (non-hydrogen) atoms. The van der Waals surface area contributed by atoms with Gasteiger partial charge in [0.2, 0.25) is 0 Å². The first kappa shape index (κ1) is 54.4. The summed E-state index contributed by atoms with van der Waals surface area (Å²) in [6, 6.07) is 55.5. The van der Waals surface area contributed by atoms with Gasteiger partial charge in [-0.15, -0.1) is 29.3 Å². The van der Waals surface area contributed by atoms with Crippen LogP contribution in [0.2, 0.25) is 0 Å². The van der Waals surface area contributed by atoms with E-state index in [9.17, 15) is 5.11 Å². The van der Waals surface area contributed by atoms with Gasteiger partial charge >= 0.3 is 0 Å². The third-order valence-corrected chi connectivity index (χ3v) is 14.4. The summed E-state index contributed by atoms with van der Waals surface area (Å²) < 4.78 is 2.28. The van der Waals surface area contributed by atoms with Crippen molar-refractivity contribution >= 4 is 16.7 Å². The van der Waals surface area contributed by atoms with E-state index in [2.05, 4.69) is 241 Å². The van der Waals surface area contributed by atoms with E-state index in [1.54, 1.807) is 0 Å². The zero-order valence-electron chi connectivity index (χ0n) is 46.5. The Morgan fingerprint density at radius 1 is 0.480 bits per heavy atom. The first-order valence-electron chi connectivity index (χ1n) is 26.0. The summed E-state index contributed by atoms with van der Waals surface area (Å²) in [5.74, 6) is 0.912. The number of para-hydroxylation sites is 1. The summed E-state index contributed by atoms with van der Waals surface area (Å²) in [5.41, 5.74) is 18.8. The van der Waals surface area contributed by atoms with Crippen LogP contribution in [0.25, 0.3) is 88.7 Å². The van der Waals surface area contributed by atoms with E-state index in [-0.39, 0.29) is 53.9 Å². The van der Waals surface area contributed by atoms with Gasteiger partial charge in [0.05, 0.1) is 28.9 Å². The molecule has 5 nitrogen and oxygen atoms in total. The van der Waals surface area contributed by atoms with E-state index in [1.165, 1.54) is 11.1 Å². The molecule has 0 saturated carbocycles. The second-order valence-electron chi connectivity index (χ2n) is 25.3. The molecule has 0 amide bonds. The van der Waals surface area contributed by atoms with Crippen molar-refractivity contribution in [2.75, 3.05) is 0 Å². The van der Waals surface area contributed by atoms with Gasteiger partial charge in [-0.1, -0.05) is 218 Å². The molecule has 9 aromatic rings. The van der Waals surface area contributed by atoms with Gasteiger partial charge in [-0.2, -0.15) is 0 Å². The van der Waals surface area contributed by atoms with Gasteiger partial charge in [0.1, 0.15) is 11.6 Å². The van der Waals surface area contributed by atoms with Gasteiger partial charge in [-0.3, -0.25) is 9.55 Å². The Labute approximate surface area is 461 Å². The topological polar surface area (TPSA) is 55.3 Å². The minimum absolute atomic E-state index is 0. The van der Waals surface area contributed by atoms with Crippen molar-refractivity contribution in [2.24, 2.45) is 0 Å². The number of phenolic OH excluding ortho intramolecular Hbond substituents is 1. The summed E-state index contributed by atoms with van der Waals surface area (Å²) >= 11 is 0. The summed E-state index contributed by atoms with van der Waals surface area (Å²) in [6.07, 6.45) is 1.92. The first-order chi connectivity index (χ1) is 34.7. The molecule has 0 saturated heterocycles. The van der Waals surface area contributed by atoms with Crippen LogP contribution in [-0.2, 0) is 48.1 Å². The molecule has 1 N–H and O–H groups in total. The van der Waals surface area contributed by atoms with Crippen molar-refractivity contribution in [2.45, 2.75) is 131 Å². The van der Waals surface area contributed by atoms with E-state index >= 15 is 0 Å². The Kier molecular flexibility index (Phi) is 14.5. The van der Waals surface area contributed by atoms with E-state index in [1.807, 2.05) is 30.5 Å². The first-order valence-corrected chi connectivity index (χ1v) is 26.0. The smallest absolute Gasteiger partial charge is 0.187 e. The number of aromatic hydroxyl groups is 1. The Morgan fingerprint density at radius 3 is 1.72 bits per heavy atom. The fourth-order valence-electron chi connectivity index (χ4n) is 9.95. The average molecular weight is 1170 g/mol. The molecule has 0 unspecified atom stereocenters. The second kappa shape index (κ2) is 20.0. The standard InChI is InChI=1S/C69H71N4O.Pt/c1-65(2,3)49-28-32-60(55(40-49)44-21-18-17-19-22-44)73-61-24-20-23-54(62(61)72-64(73)56-41-51(67(7,8)9)42-58(63(56)74)69(13,14)15)47-35-48(37-50(36-47)66(4,5)6)59-39-46(33-34-71-59)53-31-27-45(38-57(53)68(10,11)12)43-25-29-52(70-16)30-26-43;/h17-34,36-42,74H,1-15H3;/q-1;.